The van der Waals surface area contributed by atoms with Gasteiger partial charge in [0, 0.05) is 19.2 Å². The highest BCUT2D eigenvalue weighted by atomic mass is 35.5. The number of nitrogens with zero attached hydrogens (tertiary/aromatic N) is 3. The molecule has 0 aromatic heterocycles. The van der Waals surface area contributed by atoms with E-state index in [9.17, 15) is 4.79 Å². The molecule has 7 heteroatoms. The SMILES string of the molecule is CCCN1C(=NC23CC4CC(CC(C4)C2)C3)SCC1N(C(C)=O)c1ccc(C)cc1Cl.Cl. The summed E-state index contributed by atoms with van der Waals surface area (Å²) in [6, 6.07) is 5.97. The van der Waals surface area contributed by atoms with Gasteiger partial charge in [-0.25, -0.2) is 0 Å². The first-order valence-electron chi connectivity index (χ1n) is 11.9. The lowest BCUT2D eigenvalue weighted by Crippen LogP contribution is -2.52. The second-order valence-corrected chi connectivity index (χ2v) is 11.8. The van der Waals surface area contributed by atoms with Crippen molar-refractivity contribution in [2.45, 2.75) is 77.4 Å². The molecule has 0 radical (unpaired) electrons. The van der Waals surface area contributed by atoms with Crippen molar-refractivity contribution in [1.82, 2.24) is 4.90 Å². The zero-order valence-corrected chi connectivity index (χ0v) is 21.7. The second kappa shape index (κ2) is 9.38. The molecule has 1 heterocycles. The molecule has 5 fully saturated rings. The van der Waals surface area contributed by atoms with E-state index in [0.29, 0.717) is 5.02 Å². The highest BCUT2D eigenvalue weighted by Gasteiger charge is 2.52. The first-order chi connectivity index (χ1) is 14.9. The van der Waals surface area contributed by atoms with Gasteiger partial charge in [0.15, 0.2) is 5.17 Å². The Balaban J connectivity index is 0.00000245. The zero-order valence-electron chi connectivity index (χ0n) is 19.3. The van der Waals surface area contributed by atoms with Crippen LogP contribution in [0.5, 0.6) is 0 Å². The molecular formula is C25H35Cl2N3OS. The number of halogens is 2. The quantitative estimate of drug-likeness (QED) is 0.465. The molecule has 1 saturated heterocycles. The number of amidine groups is 1. The topological polar surface area (TPSA) is 35.9 Å². The van der Waals surface area contributed by atoms with Crippen molar-refractivity contribution < 1.29 is 4.79 Å². The molecule has 32 heavy (non-hydrogen) atoms. The van der Waals surface area contributed by atoms with Gasteiger partial charge >= 0.3 is 0 Å². The minimum absolute atomic E-state index is 0. The fourth-order valence-electron chi connectivity index (χ4n) is 7.00. The fourth-order valence-corrected chi connectivity index (χ4v) is 8.59. The van der Waals surface area contributed by atoms with Gasteiger partial charge < -0.3 is 4.90 Å². The van der Waals surface area contributed by atoms with Crippen LogP contribution in [0.15, 0.2) is 23.2 Å². The van der Waals surface area contributed by atoms with Gasteiger partial charge in [-0.15, -0.1) is 12.4 Å². The maximum atomic E-state index is 12.8. The van der Waals surface area contributed by atoms with Crippen molar-refractivity contribution in [2.75, 3.05) is 17.2 Å². The van der Waals surface area contributed by atoms with Crippen LogP contribution in [0.3, 0.4) is 0 Å². The molecule has 0 spiro atoms. The van der Waals surface area contributed by atoms with E-state index >= 15 is 0 Å². The van der Waals surface area contributed by atoms with Crippen LogP contribution in [-0.2, 0) is 4.79 Å². The van der Waals surface area contributed by atoms with Gasteiger partial charge in [-0.1, -0.05) is 36.4 Å². The lowest BCUT2D eigenvalue weighted by Gasteiger charge is -2.55. The molecule has 1 unspecified atom stereocenters. The summed E-state index contributed by atoms with van der Waals surface area (Å²) in [6.07, 6.45) is 9.11. The largest absolute Gasteiger partial charge is 0.330 e. The van der Waals surface area contributed by atoms with Gasteiger partial charge in [-0.05, 0) is 87.3 Å². The summed E-state index contributed by atoms with van der Waals surface area (Å²) >= 11 is 8.44. The minimum atomic E-state index is -0.0321. The second-order valence-electron chi connectivity index (χ2n) is 10.4. The Morgan fingerprint density at radius 2 is 1.84 bits per heavy atom. The molecule has 1 aliphatic heterocycles. The van der Waals surface area contributed by atoms with Crippen LogP contribution < -0.4 is 4.90 Å². The van der Waals surface area contributed by atoms with Gasteiger partial charge in [-0.2, -0.15) is 0 Å². The number of aliphatic imine (C=N–C) groups is 1. The van der Waals surface area contributed by atoms with Crippen molar-refractivity contribution in [2.24, 2.45) is 22.7 Å². The molecular weight excluding hydrogens is 461 g/mol. The van der Waals surface area contributed by atoms with E-state index in [4.69, 9.17) is 16.6 Å². The monoisotopic (exact) mass is 495 g/mol. The van der Waals surface area contributed by atoms with E-state index in [1.54, 1.807) is 6.92 Å². The third-order valence-corrected chi connectivity index (χ3v) is 9.12. The number of carbonyl (C=O) groups excluding carboxylic acids is 1. The molecule has 5 aliphatic rings. The predicted molar refractivity (Wildman–Crippen MR) is 138 cm³/mol. The Kier molecular flexibility index (Phi) is 7.10. The number of carbonyl (C=O) groups is 1. The van der Waals surface area contributed by atoms with Crippen molar-refractivity contribution in [3.05, 3.63) is 28.8 Å². The summed E-state index contributed by atoms with van der Waals surface area (Å²) in [4.78, 5) is 22.6. The highest BCUT2D eigenvalue weighted by molar-refractivity contribution is 8.14. The maximum Gasteiger partial charge on any atom is 0.225 e. The number of rotatable bonds is 5. The number of benzene rings is 1. The van der Waals surface area contributed by atoms with Gasteiger partial charge in [0.05, 0.1) is 16.2 Å². The smallest absolute Gasteiger partial charge is 0.225 e. The zero-order chi connectivity index (χ0) is 21.8. The van der Waals surface area contributed by atoms with E-state index in [1.807, 2.05) is 41.8 Å². The van der Waals surface area contributed by atoms with Crippen LogP contribution in [0.25, 0.3) is 0 Å². The molecule has 4 saturated carbocycles. The molecule has 176 valence electrons. The molecule has 1 aromatic rings. The van der Waals surface area contributed by atoms with Crippen molar-refractivity contribution in [3.8, 4) is 0 Å². The first kappa shape index (κ1) is 24.2. The Hall–Kier alpha value is -0.910. The van der Waals surface area contributed by atoms with E-state index in [1.165, 1.54) is 38.5 Å². The van der Waals surface area contributed by atoms with Gasteiger partial charge in [0.25, 0.3) is 0 Å². The van der Waals surface area contributed by atoms with E-state index in [2.05, 4.69) is 11.8 Å². The Morgan fingerprint density at radius 1 is 1.22 bits per heavy atom. The summed E-state index contributed by atoms with van der Waals surface area (Å²) < 4.78 is 0. The average molecular weight is 497 g/mol. The predicted octanol–water partition coefficient (Wildman–Crippen LogP) is 6.53. The summed E-state index contributed by atoms with van der Waals surface area (Å²) in [6.45, 7) is 6.80. The Morgan fingerprint density at radius 3 is 2.38 bits per heavy atom. The fraction of sp³-hybridized carbons (Fsp3) is 0.680. The van der Waals surface area contributed by atoms with Crippen molar-refractivity contribution >= 4 is 52.5 Å². The van der Waals surface area contributed by atoms with Crippen LogP contribution >= 0.6 is 35.8 Å². The summed E-state index contributed by atoms with van der Waals surface area (Å²) in [5.74, 6) is 3.54. The van der Waals surface area contributed by atoms with Crippen molar-refractivity contribution in [3.63, 3.8) is 0 Å². The number of thioether (sulfide) groups is 1. The van der Waals surface area contributed by atoms with Crippen LogP contribution in [0.4, 0.5) is 5.69 Å². The van der Waals surface area contributed by atoms with Gasteiger partial charge in [0.1, 0.15) is 6.17 Å². The summed E-state index contributed by atoms with van der Waals surface area (Å²) in [5.41, 5.74) is 2.07. The van der Waals surface area contributed by atoms with Gasteiger partial charge in [0.2, 0.25) is 5.91 Å². The van der Waals surface area contributed by atoms with E-state index in [-0.39, 0.29) is 30.0 Å². The third kappa shape index (κ3) is 4.42. The number of hydrogen-bond acceptors (Lipinski definition) is 3. The van der Waals surface area contributed by atoms with Gasteiger partial charge in [-0.3, -0.25) is 14.7 Å². The van der Waals surface area contributed by atoms with Crippen LogP contribution in [0.1, 0.15) is 64.4 Å². The summed E-state index contributed by atoms with van der Waals surface area (Å²) in [7, 11) is 0. The third-order valence-electron chi connectivity index (χ3n) is 7.77. The van der Waals surface area contributed by atoms with Crippen LogP contribution in [0, 0.1) is 24.7 Å². The van der Waals surface area contributed by atoms with Crippen LogP contribution in [0.2, 0.25) is 5.02 Å². The average Bonchev–Trinajstić information content (AvgIpc) is 3.04. The van der Waals surface area contributed by atoms with Crippen LogP contribution in [-0.4, -0.2) is 40.0 Å². The Labute approximate surface area is 207 Å². The molecule has 1 amide bonds. The highest BCUT2D eigenvalue weighted by Crippen LogP contribution is 2.57. The Bertz CT molecular complexity index is 870. The molecule has 4 nitrogen and oxygen atoms in total. The number of hydrogen-bond donors (Lipinski definition) is 0. The summed E-state index contributed by atoms with van der Waals surface area (Å²) in [5, 5.41) is 1.80. The maximum absolute atomic E-state index is 12.8. The number of amides is 1. The van der Waals surface area contributed by atoms with E-state index in [0.717, 1.165) is 52.9 Å². The normalized spacial score (nSPS) is 34.1. The lowest BCUT2D eigenvalue weighted by molar-refractivity contribution is -0.117. The standard InChI is InChI=1S/C25H34ClN3OS.ClH/c1-4-7-28-23(29(17(3)30)22-6-5-16(2)8-21(22)26)15-31-24(28)27-25-12-18-9-19(13-25)11-20(10-18)14-25;/h5-6,8,18-20,23H,4,7,9-15H2,1-3H3;1H. The molecule has 0 N–H and O–H groups in total. The first-order valence-corrected chi connectivity index (χ1v) is 13.3. The van der Waals surface area contributed by atoms with Crippen molar-refractivity contribution in [1.29, 1.82) is 0 Å². The molecule has 1 atom stereocenters. The molecule has 6 rings (SSSR count). The minimum Gasteiger partial charge on any atom is -0.330 e. The number of aryl methyl sites for hydroxylation is 1. The molecule has 4 aliphatic carbocycles. The lowest BCUT2D eigenvalue weighted by atomic mass is 9.53. The molecule has 1 aromatic carbocycles. The van der Waals surface area contributed by atoms with E-state index < -0.39 is 0 Å². The number of anilines is 1. The molecule has 4 bridgehead atoms.